The summed E-state index contributed by atoms with van der Waals surface area (Å²) < 4.78 is 27.1. The predicted molar refractivity (Wildman–Crippen MR) is 66.5 cm³/mol. The second-order valence-corrected chi connectivity index (χ2v) is 7.20. The first-order valence-electron chi connectivity index (χ1n) is 6.24. The van der Waals surface area contributed by atoms with Gasteiger partial charge in [-0.1, -0.05) is 12.8 Å². The molecule has 0 atom stereocenters. The topological polar surface area (TPSA) is 60.4 Å². The van der Waals surface area contributed by atoms with Crippen LogP contribution >= 0.6 is 0 Å². The van der Waals surface area contributed by atoms with Crippen molar-refractivity contribution in [3.8, 4) is 0 Å². The zero-order chi connectivity index (χ0) is 12.9. The molecule has 0 heterocycles. The van der Waals surface area contributed by atoms with Gasteiger partial charge in [0, 0.05) is 12.0 Å². The Hall–Kier alpha value is -0.580. The zero-order valence-electron chi connectivity index (χ0n) is 10.7. The number of carbonyl (C=O) groups is 1. The van der Waals surface area contributed by atoms with Crippen LogP contribution in [0.5, 0.6) is 0 Å². The van der Waals surface area contributed by atoms with Crippen LogP contribution in [0.4, 0.5) is 0 Å². The molecule has 0 aromatic carbocycles. The Morgan fingerprint density at radius 1 is 1.29 bits per heavy atom. The van der Waals surface area contributed by atoms with E-state index in [1.54, 1.807) is 0 Å². The van der Waals surface area contributed by atoms with E-state index in [-0.39, 0.29) is 17.1 Å². The fourth-order valence-corrected chi connectivity index (χ4v) is 3.00. The van der Waals surface area contributed by atoms with Crippen molar-refractivity contribution in [1.29, 1.82) is 0 Å². The molecule has 4 nitrogen and oxygen atoms in total. The Morgan fingerprint density at radius 2 is 1.94 bits per heavy atom. The van der Waals surface area contributed by atoms with E-state index < -0.39 is 9.84 Å². The molecule has 1 aliphatic rings. The molecular formula is C12H22O4S. The average molecular weight is 262 g/mol. The highest BCUT2D eigenvalue weighted by Crippen LogP contribution is 2.46. The van der Waals surface area contributed by atoms with E-state index in [4.69, 9.17) is 4.74 Å². The number of rotatable bonds is 7. The fraction of sp³-hybridized carbons (Fsp3) is 0.917. The minimum absolute atomic E-state index is 0.0920. The maximum Gasteiger partial charge on any atom is 0.312 e. The van der Waals surface area contributed by atoms with Gasteiger partial charge in [0.05, 0.1) is 12.0 Å². The third-order valence-corrected chi connectivity index (χ3v) is 4.47. The van der Waals surface area contributed by atoms with Crippen LogP contribution in [0, 0.1) is 5.41 Å². The molecule has 0 N–H and O–H groups in total. The summed E-state index contributed by atoms with van der Waals surface area (Å²) in [5.41, 5.74) is -0.298. The molecule has 0 amide bonds. The van der Waals surface area contributed by atoms with Crippen molar-refractivity contribution in [3.63, 3.8) is 0 Å². The van der Waals surface area contributed by atoms with Crippen LogP contribution in [0.15, 0.2) is 0 Å². The Balaban J connectivity index is 2.35. The van der Waals surface area contributed by atoms with E-state index in [1.807, 2.05) is 6.92 Å². The molecule has 5 heteroatoms. The number of hydrogen-bond acceptors (Lipinski definition) is 4. The molecule has 100 valence electrons. The van der Waals surface area contributed by atoms with Crippen LogP contribution < -0.4 is 0 Å². The largest absolute Gasteiger partial charge is 0.466 e. The Bertz CT molecular complexity index is 355. The molecule has 0 aliphatic heterocycles. The molecule has 0 saturated heterocycles. The summed E-state index contributed by atoms with van der Waals surface area (Å²) in [5, 5.41) is 0. The highest BCUT2D eigenvalue weighted by atomic mass is 32.2. The summed E-state index contributed by atoms with van der Waals surface area (Å²) in [6.07, 6.45) is 6.30. The SMILES string of the molecule is CCOC(=O)C1(CCCCS(C)(=O)=O)CCC1. The summed E-state index contributed by atoms with van der Waals surface area (Å²) in [5.74, 6) is 0.122. The summed E-state index contributed by atoms with van der Waals surface area (Å²) in [6.45, 7) is 2.23. The second-order valence-electron chi connectivity index (χ2n) is 4.94. The smallest absolute Gasteiger partial charge is 0.312 e. The number of sulfone groups is 1. The molecule has 1 aliphatic carbocycles. The minimum Gasteiger partial charge on any atom is -0.466 e. The lowest BCUT2D eigenvalue weighted by atomic mass is 9.66. The molecular weight excluding hydrogens is 240 g/mol. The van der Waals surface area contributed by atoms with Gasteiger partial charge in [-0.25, -0.2) is 8.42 Å². The van der Waals surface area contributed by atoms with E-state index in [9.17, 15) is 13.2 Å². The molecule has 1 saturated carbocycles. The van der Waals surface area contributed by atoms with Crippen molar-refractivity contribution in [2.45, 2.75) is 45.4 Å². The quantitative estimate of drug-likeness (QED) is 0.519. The number of hydrogen-bond donors (Lipinski definition) is 0. The lowest BCUT2D eigenvalue weighted by Crippen LogP contribution is -2.39. The van der Waals surface area contributed by atoms with Gasteiger partial charge in [0.15, 0.2) is 0 Å². The highest BCUT2D eigenvalue weighted by molar-refractivity contribution is 7.90. The minimum atomic E-state index is -2.88. The van der Waals surface area contributed by atoms with Crippen LogP contribution in [-0.2, 0) is 19.4 Å². The number of esters is 1. The standard InChI is InChI=1S/C12H22O4S/c1-3-16-11(13)12(8-6-9-12)7-4-5-10-17(2,14)15/h3-10H2,1-2H3. The third kappa shape index (κ3) is 4.30. The maximum atomic E-state index is 11.8. The van der Waals surface area contributed by atoms with E-state index in [0.717, 1.165) is 32.1 Å². The predicted octanol–water partition coefficient (Wildman–Crippen LogP) is 1.93. The van der Waals surface area contributed by atoms with E-state index in [1.165, 1.54) is 6.26 Å². The van der Waals surface area contributed by atoms with Gasteiger partial charge in [0.25, 0.3) is 0 Å². The Labute approximate surface area is 104 Å². The number of unbranched alkanes of at least 4 members (excludes halogenated alkanes) is 1. The molecule has 0 aromatic rings. The normalized spacial score (nSPS) is 18.5. The number of ether oxygens (including phenoxy) is 1. The first-order chi connectivity index (χ1) is 7.90. The summed E-state index contributed by atoms with van der Waals surface area (Å²) >= 11 is 0. The molecule has 0 unspecified atom stereocenters. The van der Waals surface area contributed by atoms with E-state index in [2.05, 4.69) is 0 Å². The summed E-state index contributed by atoms with van der Waals surface area (Å²) in [4.78, 5) is 11.8. The molecule has 0 aromatic heterocycles. The average Bonchev–Trinajstić information content (AvgIpc) is 2.13. The lowest BCUT2D eigenvalue weighted by Gasteiger charge is -2.39. The van der Waals surface area contributed by atoms with Gasteiger partial charge in [-0.15, -0.1) is 0 Å². The van der Waals surface area contributed by atoms with Crippen LogP contribution in [-0.4, -0.2) is 33.0 Å². The van der Waals surface area contributed by atoms with Crippen molar-refractivity contribution in [2.24, 2.45) is 5.41 Å². The van der Waals surface area contributed by atoms with Gasteiger partial charge in [-0.2, -0.15) is 0 Å². The fourth-order valence-electron chi connectivity index (χ4n) is 2.27. The molecule has 0 bridgehead atoms. The summed E-state index contributed by atoms with van der Waals surface area (Å²) in [6, 6.07) is 0. The van der Waals surface area contributed by atoms with Crippen molar-refractivity contribution in [1.82, 2.24) is 0 Å². The van der Waals surface area contributed by atoms with Gasteiger partial charge < -0.3 is 4.74 Å². The lowest BCUT2D eigenvalue weighted by molar-refractivity contribution is -0.161. The second kappa shape index (κ2) is 5.85. The van der Waals surface area contributed by atoms with Crippen LogP contribution in [0.3, 0.4) is 0 Å². The first-order valence-corrected chi connectivity index (χ1v) is 8.31. The third-order valence-electron chi connectivity index (χ3n) is 3.44. The van der Waals surface area contributed by atoms with Crippen molar-refractivity contribution < 1.29 is 17.9 Å². The van der Waals surface area contributed by atoms with Crippen LogP contribution in [0.2, 0.25) is 0 Å². The zero-order valence-corrected chi connectivity index (χ0v) is 11.5. The molecule has 1 rings (SSSR count). The van der Waals surface area contributed by atoms with Gasteiger partial charge >= 0.3 is 5.97 Å². The Kier molecular flexibility index (Phi) is 4.98. The van der Waals surface area contributed by atoms with Gasteiger partial charge in [-0.05, 0) is 32.6 Å². The maximum absolute atomic E-state index is 11.8. The van der Waals surface area contributed by atoms with Crippen LogP contribution in [0.25, 0.3) is 0 Å². The van der Waals surface area contributed by atoms with Crippen molar-refractivity contribution in [2.75, 3.05) is 18.6 Å². The van der Waals surface area contributed by atoms with Gasteiger partial charge in [-0.3, -0.25) is 4.79 Å². The molecule has 17 heavy (non-hydrogen) atoms. The van der Waals surface area contributed by atoms with E-state index in [0.29, 0.717) is 13.0 Å². The molecule has 0 radical (unpaired) electrons. The van der Waals surface area contributed by atoms with Crippen molar-refractivity contribution >= 4 is 15.8 Å². The highest BCUT2D eigenvalue weighted by Gasteiger charge is 2.44. The first kappa shape index (κ1) is 14.5. The Morgan fingerprint density at radius 3 is 2.35 bits per heavy atom. The van der Waals surface area contributed by atoms with Crippen molar-refractivity contribution in [3.05, 3.63) is 0 Å². The molecule has 0 spiro atoms. The van der Waals surface area contributed by atoms with E-state index >= 15 is 0 Å². The monoisotopic (exact) mass is 262 g/mol. The van der Waals surface area contributed by atoms with Gasteiger partial charge in [0.1, 0.15) is 9.84 Å². The number of carbonyl (C=O) groups excluding carboxylic acids is 1. The van der Waals surface area contributed by atoms with Crippen LogP contribution in [0.1, 0.15) is 45.4 Å². The molecule has 1 fully saturated rings. The van der Waals surface area contributed by atoms with Gasteiger partial charge in [0.2, 0.25) is 0 Å². The summed E-state index contributed by atoms with van der Waals surface area (Å²) in [7, 11) is -2.88.